The van der Waals surface area contributed by atoms with Crippen LogP contribution in [0.3, 0.4) is 0 Å². The van der Waals surface area contributed by atoms with Crippen LogP contribution in [0.4, 0.5) is 5.69 Å². The third kappa shape index (κ3) is 5.23. The summed E-state index contributed by atoms with van der Waals surface area (Å²) in [6, 6.07) is 15.9. The van der Waals surface area contributed by atoms with Crippen LogP contribution in [0.5, 0.6) is 0 Å². The molecule has 0 spiro atoms. The number of halogens is 1. The summed E-state index contributed by atoms with van der Waals surface area (Å²) in [5, 5.41) is 10.4. The van der Waals surface area contributed by atoms with E-state index in [1.165, 1.54) is 5.56 Å². The Labute approximate surface area is 165 Å². The van der Waals surface area contributed by atoms with Crippen molar-refractivity contribution in [3.63, 3.8) is 0 Å². The molecule has 1 amide bonds. The maximum Gasteiger partial charge on any atom is 0.225 e. The number of hydrogen-bond donors (Lipinski definition) is 3. The molecule has 2 aromatic rings. The van der Waals surface area contributed by atoms with Gasteiger partial charge in [0.15, 0.2) is 5.96 Å². The molecule has 6 heteroatoms. The molecule has 5 nitrogen and oxygen atoms in total. The van der Waals surface area contributed by atoms with Crippen molar-refractivity contribution in [2.24, 2.45) is 4.99 Å². The van der Waals surface area contributed by atoms with Gasteiger partial charge in [0.25, 0.3) is 0 Å². The number of aryl methyl sites for hydroxylation is 1. The highest BCUT2D eigenvalue weighted by atomic mass is 35.5. The third-order valence-electron chi connectivity index (χ3n) is 4.72. The maximum atomic E-state index is 11.9. The fourth-order valence-electron chi connectivity index (χ4n) is 3.31. The monoisotopic (exact) mass is 384 g/mol. The lowest BCUT2D eigenvalue weighted by atomic mass is 9.90. The van der Waals surface area contributed by atoms with Gasteiger partial charge in [0.05, 0.1) is 0 Å². The highest BCUT2D eigenvalue weighted by Gasteiger charge is 2.24. The summed E-state index contributed by atoms with van der Waals surface area (Å²) in [5.41, 5.74) is 3.23. The minimum Gasteiger partial charge on any atom is -0.356 e. The van der Waals surface area contributed by atoms with Gasteiger partial charge >= 0.3 is 0 Å². The van der Waals surface area contributed by atoms with Gasteiger partial charge in [0, 0.05) is 43.2 Å². The van der Waals surface area contributed by atoms with Crippen molar-refractivity contribution >= 4 is 29.2 Å². The van der Waals surface area contributed by atoms with E-state index in [4.69, 9.17) is 11.6 Å². The van der Waals surface area contributed by atoms with Crippen molar-refractivity contribution in [2.45, 2.75) is 25.2 Å². The average molecular weight is 385 g/mol. The Morgan fingerprint density at radius 2 is 1.96 bits per heavy atom. The molecule has 1 aliphatic rings. The van der Waals surface area contributed by atoms with Crippen LogP contribution in [0.2, 0.25) is 5.02 Å². The SMILES string of the molecule is CN=C(NCCCc1ccccc1Cl)NCC1CC(=O)Nc2ccccc21. The molecule has 3 rings (SSSR count). The fourth-order valence-corrected chi connectivity index (χ4v) is 3.54. The summed E-state index contributed by atoms with van der Waals surface area (Å²) in [4.78, 5) is 16.2. The summed E-state index contributed by atoms with van der Waals surface area (Å²) in [6.07, 6.45) is 2.35. The van der Waals surface area contributed by atoms with Gasteiger partial charge < -0.3 is 16.0 Å². The second kappa shape index (κ2) is 9.42. The summed E-state index contributed by atoms with van der Waals surface area (Å²) < 4.78 is 0. The lowest BCUT2D eigenvalue weighted by Gasteiger charge is -2.26. The van der Waals surface area contributed by atoms with Crippen molar-refractivity contribution in [1.82, 2.24) is 10.6 Å². The molecule has 2 aromatic carbocycles. The Kier molecular flexibility index (Phi) is 6.71. The average Bonchev–Trinajstić information content (AvgIpc) is 2.68. The van der Waals surface area contributed by atoms with Crippen LogP contribution in [0.1, 0.15) is 29.9 Å². The van der Waals surface area contributed by atoms with Crippen LogP contribution in [0.25, 0.3) is 0 Å². The molecular weight excluding hydrogens is 360 g/mol. The molecule has 0 fully saturated rings. The Balaban J connectivity index is 1.47. The lowest BCUT2D eigenvalue weighted by Crippen LogP contribution is -2.41. The van der Waals surface area contributed by atoms with Crippen LogP contribution >= 0.6 is 11.6 Å². The Hall–Kier alpha value is -2.53. The van der Waals surface area contributed by atoms with Crippen molar-refractivity contribution in [3.8, 4) is 0 Å². The first-order chi connectivity index (χ1) is 13.2. The Morgan fingerprint density at radius 1 is 1.19 bits per heavy atom. The number of benzene rings is 2. The van der Waals surface area contributed by atoms with E-state index in [-0.39, 0.29) is 11.8 Å². The summed E-state index contributed by atoms with van der Waals surface area (Å²) in [7, 11) is 1.75. The van der Waals surface area contributed by atoms with E-state index in [1.54, 1.807) is 7.05 Å². The number of nitrogens with zero attached hydrogens (tertiary/aromatic N) is 1. The number of guanidine groups is 1. The number of carbonyl (C=O) groups is 1. The number of amides is 1. The zero-order chi connectivity index (χ0) is 19.1. The molecule has 1 unspecified atom stereocenters. The van der Waals surface area contributed by atoms with Crippen LogP contribution in [-0.4, -0.2) is 32.0 Å². The van der Waals surface area contributed by atoms with Crippen molar-refractivity contribution < 1.29 is 4.79 Å². The highest BCUT2D eigenvalue weighted by Crippen LogP contribution is 2.31. The Morgan fingerprint density at radius 3 is 2.78 bits per heavy atom. The topological polar surface area (TPSA) is 65.5 Å². The molecule has 1 atom stereocenters. The van der Waals surface area contributed by atoms with Gasteiger partial charge in [-0.3, -0.25) is 9.79 Å². The van der Waals surface area contributed by atoms with Crippen molar-refractivity contribution in [2.75, 3.05) is 25.5 Å². The fraction of sp³-hybridized carbons (Fsp3) is 0.333. The van der Waals surface area contributed by atoms with Gasteiger partial charge in [-0.1, -0.05) is 48.0 Å². The van der Waals surface area contributed by atoms with Gasteiger partial charge in [0.2, 0.25) is 5.91 Å². The van der Waals surface area contributed by atoms with Crippen LogP contribution in [0, 0.1) is 0 Å². The Bertz CT molecular complexity index is 821. The van der Waals surface area contributed by atoms with E-state index in [1.807, 2.05) is 36.4 Å². The molecule has 27 heavy (non-hydrogen) atoms. The number of nitrogens with one attached hydrogen (secondary N) is 3. The van der Waals surface area contributed by atoms with E-state index in [0.717, 1.165) is 41.6 Å². The normalized spacial score (nSPS) is 16.4. The molecule has 0 bridgehead atoms. The summed E-state index contributed by atoms with van der Waals surface area (Å²) in [6.45, 7) is 1.46. The second-order valence-electron chi connectivity index (χ2n) is 6.61. The van der Waals surface area contributed by atoms with Crippen LogP contribution in [0.15, 0.2) is 53.5 Å². The molecule has 0 saturated carbocycles. The van der Waals surface area contributed by atoms with E-state index in [9.17, 15) is 4.79 Å². The first kappa shape index (κ1) is 19.2. The first-order valence-corrected chi connectivity index (χ1v) is 9.62. The molecule has 142 valence electrons. The smallest absolute Gasteiger partial charge is 0.225 e. The predicted molar refractivity (Wildman–Crippen MR) is 112 cm³/mol. The number of carbonyl (C=O) groups excluding carboxylic acids is 1. The maximum absolute atomic E-state index is 11.9. The standard InChI is InChI=1S/C21H25ClN4O/c1-23-21(24-12-6-8-15-7-2-4-10-18(15)22)25-14-16-13-20(27)26-19-11-5-3-9-17(16)19/h2-5,7,9-11,16H,6,8,12-14H2,1H3,(H,26,27)(H2,23,24,25). The second-order valence-corrected chi connectivity index (χ2v) is 7.02. The first-order valence-electron chi connectivity index (χ1n) is 9.24. The molecule has 3 N–H and O–H groups in total. The van der Waals surface area contributed by atoms with Crippen LogP contribution in [-0.2, 0) is 11.2 Å². The van der Waals surface area contributed by atoms with Crippen molar-refractivity contribution in [3.05, 3.63) is 64.7 Å². The third-order valence-corrected chi connectivity index (χ3v) is 5.09. The van der Waals surface area contributed by atoms with Gasteiger partial charge in [-0.2, -0.15) is 0 Å². The number of fused-ring (bicyclic) bond motifs is 1. The molecular formula is C21H25ClN4O. The van der Waals surface area contributed by atoms with E-state index in [2.05, 4.69) is 33.1 Å². The number of aliphatic imine (C=N–C) groups is 1. The van der Waals surface area contributed by atoms with Gasteiger partial charge in [-0.05, 0) is 36.1 Å². The molecule has 1 aliphatic heterocycles. The largest absolute Gasteiger partial charge is 0.356 e. The van der Waals surface area contributed by atoms with E-state index >= 15 is 0 Å². The van der Waals surface area contributed by atoms with Gasteiger partial charge in [-0.25, -0.2) is 0 Å². The zero-order valence-corrected chi connectivity index (χ0v) is 16.2. The number of hydrogen-bond acceptors (Lipinski definition) is 2. The molecule has 0 aliphatic carbocycles. The number of para-hydroxylation sites is 1. The van der Waals surface area contributed by atoms with E-state index in [0.29, 0.717) is 13.0 Å². The molecule has 0 saturated heterocycles. The minimum absolute atomic E-state index is 0.0585. The predicted octanol–water partition coefficient (Wildman–Crippen LogP) is 3.56. The highest BCUT2D eigenvalue weighted by molar-refractivity contribution is 6.31. The minimum atomic E-state index is 0.0585. The number of rotatable bonds is 6. The summed E-state index contributed by atoms with van der Waals surface area (Å²) >= 11 is 6.19. The van der Waals surface area contributed by atoms with E-state index < -0.39 is 0 Å². The molecule has 0 aromatic heterocycles. The van der Waals surface area contributed by atoms with Crippen LogP contribution < -0.4 is 16.0 Å². The molecule has 1 heterocycles. The summed E-state index contributed by atoms with van der Waals surface area (Å²) in [5.74, 6) is 0.942. The molecule has 0 radical (unpaired) electrons. The van der Waals surface area contributed by atoms with Gasteiger partial charge in [-0.15, -0.1) is 0 Å². The lowest BCUT2D eigenvalue weighted by molar-refractivity contribution is -0.116. The van der Waals surface area contributed by atoms with Crippen molar-refractivity contribution in [1.29, 1.82) is 0 Å². The van der Waals surface area contributed by atoms with Gasteiger partial charge in [0.1, 0.15) is 0 Å². The zero-order valence-electron chi connectivity index (χ0n) is 15.5. The number of anilines is 1. The quantitative estimate of drug-likeness (QED) is 0.405.